The molecule has 0 unspecified atom stereocenters. The molecule has 2 aromatic carbocycles. The summed E-state index contributed by atoms with van der Waals surface area (Å²) in [5.41, 5.74) is 9.57. The molecule has 7 heteroatoms. The summed E-state index contributed by atoms with van der Waals surface area (Å²) >= 11 is 0. The van der Waals surface area contributed by atoms with Crippen molar-refractivity contribution in [2.75, 3.05) is 19.6 Å². The maximum Gasteiger partial charge on any atom is 0.255 e. The number of hydrogen-bond donors (Lipinski definition) is 2. The van der Waals surface area contributed by atoms with E-state index in [0.29, 0.717) is 11.3 Å². The maximum atomic E-state index is 13.3. The number of nitrogens with zero attached hydrogens (tertiary/aromatic N) is 3. The van der Waals surface area contributed by atoms with Gasteiger partial charge in [-0.3, -0.25) is 14.5 Å². The van der Waals surface area contributed by atoms with Crippen LogP contribution in [0.2, 0.25) is 0 Å². The number of aromatic nitrogens is 2. The van der Waals surface area contributed by atoms with Crippen molar-refractivity contribution in [3.05, 3.63) is 71.9 Å². The van der Waals surface area contributed by atoms with E-state index in [-0.39, 0.29) is 24.4 Å². The van der Waals surface area contributed by atoms with Crippen LogP contribution in [0.4, 0.5) is 0 Å². The highest BCUT2D eigenvalue weighted by Gasteiger charge is 2.25. The molecule has 3 N–H and O–H groups in total. The lowest BCUT2D eigenvalue weighted by Gasteiger charge is -2.31. The highest BCUT2D eigenvalue weighted by atomic mass is 16.2. The molecule has 1 saturated heterocycles. The van der Waals surface area contributed by atoms with Gasteiger partial charge in [0.2, 0.25) is 5.91 Å². The van der Waals surface area contributed by atoms with Crippen molar-refractivity contribution in [1.29, 1.82) is 0 Å². The number of carbonyl (C=O) groups excluding carboxylic acids is 2. The average Bonchev–Trinajstić information content (AvgIpc) is 3.26. The SMILES string of the molecule is CCc1ccc(-c2nn(-c3ccccc3)cc2C(=O)NC2CCN(CC(N)=O)CC2)cc1. The predicted octanol–water partition coefficient (Wildman–Crippen LogP) is 2.78. The minimum Gasteiger partial charge on any atom is -0.369 e. The molecule has 32 heavy (non-hydrogen) atoms. The first-order chi connectivity index (χ1) is 15.5. The van der Waals surface area contributed by atoms with E-state index in [0.717, 1.165) is 43.6 Å². The first-order valence-electron chi connectivity index (χ1n) is 11.1. The van der Waals surface area contributed by atoms with Gasteiger partial charge in [0, 0.05) is 30.9 Å². The Kier molecular flexibility index (Phi) is 6.66. The fraction of sp³-hybridized carbons (Fsp3) is 0.320. The molecule has 4 rings (SSSR count). The molecule has 166 valence electrons. The summed E-state index contributed by atoms with van der Waals surface area (Å²) in [6.07, 6.45) is 4.33. The number of benzene rings is 2. The number of rotatable bonds is 7. The first kappa shape index (κ1) is 21.8. The smallest absolute Gasteiger partial charge is 0.255 e. The van der Waals surface area contributed by atoms with E-state index in [9.17, 15) is 9.59 Å². The van der Waals surface area contributed by atoms with Crippen LogP contribution in [0.5, 0.6) is 0 Å². The summed E-state index contributed by atoms with van der Waals surface area (Å²) in [6.45, 7) is 3.86. The van der Waals surface area contributed by atoms with Crippen molar-refractivity contribution in [3.63, 3.8) is 0 Å². The first-order valence-corrected chi connectivity index (χ1v) is 11.1. The minimum atomic E-state index is -0.320. The van der Waals surface area contributed by atoms with Gasteiger partial charge in [-0.05, 0) is 37.0 Å². The van der Waals surface area contributed by atoms with E-state index in [2.05, 4.69) is 24.4 Å². The topological polar surface area (TPSA) is 93.2 Å². The van der Waals surface area contributed by atoms with Gasteiger partial charge < -0.3 is 11.1 Å². The Balaban J connectivity index is 1.56. The number of piperidine rings is 1. The number of nitrogens with one attached hydrogen (secondary N) is 1. The molecule has 0 aliphatic carbocycles. The molecule has 1 aromatic heterocycles. The number of nitrogens with two attached hydrogens (primary N) is 1. The van der Waals surface area contributed by atoms with Gasteiger partial charge in [-0.2, -0.15) is 5.10 Å². The summed E-state index contributed by atoms with van der Waals surface area (Å²) in [6, 6.07) is 18.0. The van der Waals surface area contributed by atoms with Crippen LogP contribution in [0, 0.1) is 0 Å². The largest absolute Gasteiger partial charge is 0.369 e. The van der Waals surface area contributed by atoms with Crippen molar-refractivity contribution in [2.24, 2.45) is 5.73 Å². The van der Waals surface area contributed by atoms with Crippen molar-refractivity contribution in [2.45, 2.75) is 32.2 Å². The van der Waals surface area contributed by atoms with Crippen molar-refractivity contribution >= 4 is 11.8 Å². The third-order valence-corrected chi connectivity index (χ3v) is 5.92. The molecule has 1 aliphatic heterocycles. The van der Waals surface area contributed by atoms with Gasteiger partial charge in [-0.15, -0.1) is 0 Å². The number of primary amides is 1. The molecule has 2 amide bonds. The molecular weight excluding hydrogens is 402 g/mol. The normalized spacial score (nSPS) is 14.9. The summed E-state index contributed by atoms with van der Waals surface area (Å²) in [5, 5.41) is 7.93. The van der Waals surface area contributed by atoms with Crippen molar-refractivity contribution in [1.82, 2.24) is 20.0 Å². The van der Waals surface area contributed by atoms with Gasteiger partial charge in [0.25, 0.3) is 5.91 Å². The van der Waals surface area contributed by atoms with Crippen LogP contribution >= 0.6 is 0 Å². The van der Waals surface area contributed by atoms with Crippen LogP contribution in [-0.2, 0) is 11.2 Å². The van der Waals surface area contributed by atoms with Gasteiger partial charge in [0.1, 0.15) is 5.69 Å². The highest BCUT2D eigenvalue weighted by Crippen LogP contribution is 2.25. The second-order valence-electron chi connectivity index (χ2n) is 8.21. The Hall–Kier alpha value is -3.45. The number of hydrogen-bond acceptors (Lipinski definition) is 4. The number of likely N-dealkylation sites (tertiary alicyclic amines) is 1. The zero-order valence-electron chi connectivity index (χ0n) is 18.3. The zero-order valence-corrected chi connectivity index (χ0v) is 18.3. The Morgan fingerprint density at radius 1 is 1.06 bits per heavy atom. The Morgan fingerprint density at radius 2 is 1.75 bits per heavy atom. The maximum absolute atomic E-state index is 13.3. The average molecular weight is 432 g/mol. The van der Waals surface area contributed by atoms with Gasteiger partial charge in [-0.1, -0.05) is 49.4 Å². The van der Waals surface area contributed by atoms with Gasteiger partial charge >= 0.3 is 0 Å². The lowest BCUT2D eigenvalue weighted by atomic mass is 10.0. The third kappa shape index (κ3) is 5.06. The zero-order chi connectivity index (χ0) is 22.5. The van der Waals surface area contributed by atoms with E-state index < -0.39 is 0 Å². The number of carbonyl (C=O) groups is 2. The molecule has 0 bridgehead atoms. The van der Waals surface area contributed by atoms with Crippen LogP contribution < -0.4 is 11.1 Å². The summed E-state index contributed by atoms with van der Waals surface area (Å²) in [4.78, 5) is 26.5. The van der Waals surface area contributed by atoms with Crippen LogP contribution in [0.15, 0.2) is 60.8 Å². The van der Waals surface area contributed by atoms with E-state index in [1.54, 1.807) is 10.9 Å². The molecule has 0 radical (unpaired) electrons. The number of aryl methyl sites for hydroxylation is 1. The fourth-order valence-corrected chi connectivity index (χ4v) is 4.08. The number of para-hydroxylation sites is 1. The molecule has 0 atom stereocenters. The minimum absolute atomic E-state index is 0.0574. The molecule has 1 aliphatic rings. The van der Waals surface area contributed by atoms with E-state index in [1.807, 2.05) is 47.4 Å². The predicted molar refractivity (Wildman–Crippen MR) is 125 cm³/mol. The molecule has 7 nitrogen and oxygen atoms in total. The van der Waals surface area contributed by atoms with Crippen LogP contribution in [0.1, 0.15) is 35.7 Å². The van der Waals surface area contributed by atoms with E-state index >= 15 is 0 Å². The highest BCUT2D eigenvalue weighted by molar-refractivity contribution is 6.00. The quantitative estimate of drug-likeness (QED) is 0.602. The second-order valence-corrected chi connectivity index (χ2v) is 8.21. The summed E-state index contributed by atoms with van der Waals surface area (Å²) < 4.78 is 1.76. The monoisotopic (exact) mass is 431 g/mol. The van der Waals surface area contributed by atoms with Crippen molar-refractivity contribution in [3.8, 4) is 16.9 Å². The fourth-order valence-electron chi connectivity index (χ4n) is 4.08. The van der Waals surface area contributed by atoms with Gasteiger partial charge in [0.05, 0.1) is 17.8 Å². The summed E-state index contributed by atoms with van der Waals surface area (Å²) in [7, 11) is 0. The van der Waals surface area contributed by atoms with E-state index in [1.165, 1.54) is 5.56 Å². The lowest BCUT2D eigenvalue weighted by Crippen LogP contribution is -2.46. The molecule has 3 aromatic rings. The number of amides is 2. The molecule has 0 saturated carbocycles. The van der Waals surface area contributed by atoms with Crippen LogP contribution in [0.25, 0.3) is 16.9 Å². The van der Waals surface area contributed by atoms with Crippen LogP contribution in [0.3, 0.4) is 0 Å². The summed E-state index contributed by atoms with van der Waals surface area (Å²) in [5.74, 6) is -0.449. The van der Waals surface area contributed by atoms with Crippen LogP contribution in [-0.4, -0.2) is 52.2 Å². The molecule has 0 spiro atoms. The third-order valence-electron chi connectivity index (χ3n) is 5.92. The second kappa shape index (κ2) is 9.78. The Morgan fingerprint density at radius 3 is 2.38 bits per heavy atom. The molecule has 2 heterocycles. The lowest BCUT2D eigenvalue weighted by molar-refractivity contribution is -0.119. The van der Waals surface area contributed by atoms with Gasteiger partial charge in [0.15, 0.2) is 0 Å². The molecular formula is C25H29N5O2. The Bertz CT molecular complexity index is 1070. The Labute approximate surface area is 188 Å². The van der Waals surface area contributed by atoms with Gasteiger partial charge in [-0.25, -0.2) is 4.68 Å². The van der Waals surface area contributed by atoms with Crippen molar-refractivity contribution < 1.29 is 9.59 Å². The van der Waals surface area contributed by atoms with E-state index in [4.69, 9.17) is 10.8 Å². The standard InChI is InChI=1S/C25H29N5O2/c1-2-18-8-10-19(11-9-18)24-22(16-30(28-24)21-6-4-3-5-7-21)25(32)27-20-12-14-29(15-13-20)17-23(26)31/h3-11,16,20H,2,12-15,17H2,1H3,(H2,26,31)(H,27,32). The molecule has 1 fully saturated rings.